The van der Waals surface area contributed by atoms with Crippen LogP contribution in [0.3, 0.4) is 0 Å². The minimum Gasteiger partial charge on any atom is -0.455 e. The largest absolute Gasteiger partial charge is 0.455 e. The number of para-hydroxylation sites is 2. The number of furan rings is 1. The second-order valence-electron chi connectivity index (χ2n) is 16.4. The Morgan fingerprint density at radius 1 is 0.468 bits per heavy atom. The average molecular weight is 793 g/mol. The molecule has 0 aliphatic heterocycles. The number of benzene rings is 10. The molecule has 62 heavy (non-hydrogen) atoms. The SMILES string of the molecule is C/C=C(/C=C\C=C(/C)c1ccc2cc(-c3c4ccccc4c(-c4ccc5cc(-c6cccc7c6oc6ccccc67)ccc5c4)c4ccccc34)ccc2c1)c1ccccc1C. The number of fused-ring (bicyclic) bond motifs is 7. The topological polar surface area (TPSA) is 13.1 Å². The number of aryl methyl sites for hydroxylation is 1. The van der Waals surface area contributed by atoms with Gasteiger partial charge < -0.3 is 4.42 Å². The molecule has 0 saturated heterocycles. The van der Waals surface area contributed by atoms with E-state index < -0.39 is 0 Å². The monoisotopic (exact) mass is 792 g/mol. The van der Waals surface area contributed by atoms with Gasteiger partial charge in [-0.2, -0.15) is 0 Å². The van der Waals surface area contributed by atoms with Crippen molar-refractivity contribution in [1.29, 1.82) is 0 Å². The standard InChI is InChI=1S/C61H44O/c1-4-41(50-18-6-5-15-40(50)3)17-13-16-39(2)42-27-28-45-37-48(33-30-43(45)35-42)59-53-20-7-9-22-55(53)60(56-23-10-8-21-54(56)59)49-34-31-44-36-47(32-29-46(44)38-49)51-24-14-25-57-52-19-11-12-26-58(52)62-61(51)57/h4-38H,1-3H3/b17-13-,39-16+,41-4-. The third-order valence-electron chi connectivity index (χ3n) is 12.7. The van der Waals surface area contributed by atoms with Crippen molar-refractivity contribution in [2.45, 2.75) is 20.8 Å². The summed E-state index contributed by atoms with van der Waals surface area (Å²) < 4.78 is 6.41. The molecule has 1 aromatic heterocycles. The van der Waals surface area contributed by atoms with Crippen molar-refractivity contribution < 1.29 is 4.42 Å². The Hall–Kier alpha value is -7.74. The van der Waals surface area contributed by atoms with Gasteiger partial charge in [0, 0.05) is 16.3 Å². The fourth-order valence-electron chi connectivity index (χ4n) is 9.57. The number of allylic oxidation sites excluding steroid dienone is 6. The van der Waals surface area contributed by atoms with Crippen LogP contribution in [0.15, 0.2) is 217 Å². The molecule has 0 aliphatic carbocycles. The van der Waals surface area contributed by atoms with Gasteiger partial charge in [-0.25, -0.2) is 0 Å². The number of hydrogen-bond donors (Lipinski definition) is 0. The zero-order valence-electron chi connectivity index (χ0n) is 35.1. The molecule has 0 unspecified atom stereocenters. The fourth-order valence-corrected chi connectivity index (χ4v) is 9.57. The zero-order chi connectivity index (χ0) is 41.7. The molecule has 0 aliphatic rings. The maximum Gasteiger partial charge on any atom is 0.143 e. The molecule has 0 N–H and O–H groups in total. The van der Waals surface area contributed by atoms with E-state index in [0.29, 0.717) is 0 Å². The van der Waals surface area contributed by atoms with Crippen LogP contribution in [0.4, 0.5) is 0 Å². The van der Waals surface area contributed by atoms with Crippen LogP contribution in [-0.4, -0.2) is 0 Å². The average Bonchev–Trinajstić information content (AvgIpc) is 3.71. The van der Waals surface area contributed by atoms with Gasteiger partial charge in [0.25, 0.3) is 0 Å². The molecule has 0 amide bonds. The van der Waals surface area contributed by atoms with Crippen molar-refractivity contribution in [3.8, 4) is 33.4 Å². The van der Waals surface area contributed by atoms with E-state index in [9.17, 15) is 0 Å². The molecule has 0 atom stereocenters. The van der Waals surface area contributed by atoms with E-state index in [1.165, 1.54) is 93.2 Å². The van der Waals surface area contributed by atoms with Crippen LogP contribution in [0, 0.1) is 6.92 Å². The number of rotatable bonds is 7. The summed E-state index contributed by atoms with van der Waals surface area (Å²) in [5.74, 6) is 0. The smallest absolute Gasteiger partial charge is 0.143 e. The van der Waals surface area contributed by atoms with Crippen molar-refractivity contribution in [2.24, 2.45) is 0 Å². The molecule has 11 aromatic rings. The molecule has 1 heteroatoms. The first-order chi connectivity index (χ1) is 30.5. The van der Waals surface area contributed by atoms with E-state index in [-0.39, 0.29) is 0 Å². The lowest BCUT2D eigenvalue weighted by Gasteiger charge is -2.18. The van der Waals surface area contributed by atoms with Gasteiger partial charge in [-0.1, -0.05) is 182 Å². The lowest BCUT2D eigenvalue weighted by Crippen LogP contribution is -1.91. The fraction of sp³-hybridized carbons (Fsp3) is 0.0492. The summed E-state index contributed by atoms with van der Waals surface area (Å²) >= 11 is 0. The third-order valence-corrected chi connectivity index (χ3v) is 12.7. The first-order valence-electron chi connectivity index (χ1n) is 21.5. The minimum absolute atomic E-state index is 0.918. The van der Waals surface area contributed by atoms with Crippen molar-refractivity contribution >= 4 is 76.2 Å². The Morgan fingerprint density at radius 2 is 0.984 bits per heavy atom. The Balaban J connectivity index is 0.957. The molecular weight excluding hydrogens is 749 g/mol. The molecule has 0 fully saturated rings. The molecule has 0 bridgehead atoms. The van der Waals surface area contributed by atoms with E-state index in [4.69, 9.17) is 4.42 Å². The predicted octanol–water partition coefficient (Wildman–Crippen LogP) is 17.6. The molecule has 10 aromatic carbocycles. The quantitative estimate of drug-likeness (QED) is 0.116. The Labute approximate surface area is 362 Å². The summed E-state index contributed by atoms with van der Waals surface area (Å²) in [6.45, 7) is 6.47. The van der Waals surface area contributed by atoms with E-state index >= 15 is 0 Å². The van der Waals surface area contributed by atoms with Crippen molar-refractivity contribution in [2.75, 3.05) is 0 Å². The van der Waals surface area contributed by atoms with Crippen LogP contribution in [0.25, 0.3) is 110 Å². The highest BCUT2D eigenvalue weighted by molar-refractivity contribution is 6.22. The van der Waals surface area contributed by atoms with Gasteiger partial charge in [0.2, 0.25) is 0 Å². The molecular formula is C61H44O. The predicted molar refractivity (Wildman–Crippen MR) is 268 cm³/mol. The highest BCUT2D eigenvalue weighted by atomic mass is 16.3. The van der Waals surface area contributed by atoms with Crippen LogP contribution in [0.1, 0.15) is 30.5 Å². The van der Waals surface area contributed by atoms with Crippen LogP contribution < -0.4 is 0 Å². The molecule has 294 valence electrons. The lowest BCUT2D eigenvalue weighted by atomic mass is 9.85. The van der Waals surface area contributed by atoms with Gasteiger partial charge in [0.05, 0.1) is 0 Å². The summed E-state index contributed by atoms with van der Waals surface area (Å²) in [6.07, 6.45) is 8.78. The first kappa shape index (κ1) is 37.3. The maximum absolute atomic E-state index is 6.41. The lowest BCUT2D eigenvalue weighted by molar-refractivity contribution is 0.670. The van der Waals surface area contributed by atoms with Crippen molar-refractivity contribution in [3.05, 3.63) is 229 Å². The zero-order valence-corrected chi connectivity index (χ0v) is 35.1. The van der Waals surface area contributed by atoms with Crippen LogP contribution in [-0.2, 0) is 0 Å². The summed E-state index contributed by atoms with van der Waals surface area (Å²) in [4.78, 5) is 0. The van der Waals surface area contributed by atoms with Gasteiger partial charge >= 0.3 is 0 Å². The minimum atomic E-state index is 0.918. The molecule has 1 heterocycles. The van der Waals surface area contributed by atoms with Crippen LogP contribution in [0.2, 0.25) is 0 Å². The van der Waals surface area contributed by atoms with Gasteiger partial charge in [-0.15, -0.1) is 0 Å². The summed E-state index contributed by atoms with van der Waals surface area (Å²) in [7, 11) is 0. The van der Waals surface area contributed by atoms with Crippen LogP contribution >= 0.6 is 0 Å². The molecule has 0 saturated carbocycles. The first-order valence-corrected chi connectivity index (χ1v) is 21.5. The Bertz CT molecular complexity index is 3610. The Kier molecular flexibility index (Phi) is 9.24. The van der Waals surface area contributed by atoms with E-state index in [2.05, 4.69) is 221 Å². The summed E-state index contributed by atoms with van der Waals surface area (Å²) in [5, 5.41) is 12.2. The molecule has 0 radical (unpaired) electrons. The van der Waals surface area contributed by atoms with Gasteiger partial charge in [-0.3, -0.25) is 0 Å². The van der Waals surface area contributed by atoms with Gasteiger partial charge in [-0.05, 0) is 150 Å². The summed E-state index contributed by atoms with van der Waals surface area (Å²) in [5.41, 5.74) is 15.3. The summed E-state index contributed by atoms with van der Waals surface area (Å²) in [6, 6.07) is 68.7. The van der Waals surface area contributed by atoms with Crippen LogP contribution in [0.5, 0.6) is 0 Å². The second kappa shape index (κ2) is 15.4. The van der Waals surface area contributed by atoms with Gasteiger partial charge in [0.1, 0.15) is 11.2 Å². The molecule has 0 spiro atoms. The van der Waals surface area contributed by atoms with E-state index in [1.807, 2.05) is 12.1 Å². The number of hydrogen-bond acceptors (Lipinski definition) is 1. The maximum atomic E-state index is 6.41. The Morgan fingerprint density at radius 3 is 1.61 bits per heavy atom. The van der Waals surface area contributed by atoms with Crippen molar-refractivity contribution in [3.63, 3.8) is 0 Å². The molecule has 1 nitrogen and oxygen atoms in total. The highest BCUT2D eigenvalue weighted by Crippen LogP contribution is 2.45. The second-order valence-corrected chi connectivity index (χ2v) is 16.4. The highest BCUT2D eigenvalue weighted by Gasteiger charge is 2.18. The van der Waals surface area contributed by atoms with E-state index in [0.717, 1.165) is 33.1 Å². The van der Waals surface area contributed by atoms with E-state index in [1.54, 1.807) is 0 Å². The van der Waals surface area contributed by atoms with Crippen molar-refractivity contribution in [1.82, 2.24) is 0 Å². The van der Waals surface area contributed by atoms with Gasteiger partial charge in [0.15, 0.2) is 0 Å². The normalized spacial score (nSPS) is 12.6. The third kappa shape index (κ3) is 6.42. The molecule has 11 rings (SSSR count).